The minimum Gasteiger partial charge on any atom is -0.461 e. The van der Waals surface area contributed by atoms with Gasteiger partial charge in [0.1, 0.15) is 6.10 Å². The number of rotatable bonds is 16. The van der Waals surface area contributed by atoms with Crippen molar-refractivity contribution in [2.24, 2.45) is 0 Å². The van der Waals surface area contributed by atoms with Gasteiger partial charge in [-0.3, -0.25) is 4.79 Å². The van der Waals surface area contributed by atoms with Crippen LogP contribution in [0.25, 0.3) is 0 Å². The summed E-state index contributed by atoms with van der Waals surface area (Å²) in [6, 6.07) is 0. The van der Waals surface area contributed by atoms with Crippen molar-refractivity contribution in [3.63, 3.8) is 0 Å². The fourth-order valence-corrected chi connectivity index (χ4v) is 3.29. The molecule has 0 aromatic rings. The first-order valence-electron chi connectivity index (χ1n) is 9.93. The van der Waals surface area contributed by atoms with Gasteiger partial charge in [-0.25, -0.2) is 0 Å². The summed E-state index contributed by atoms with van der Waals surface area (Å²) in [5, 5.41) is -0.0271. The summed E-state index contributed by atoms with van der Waals surface area (Å²) < 4.78 is 5.46. The second kappa shape index (κ2) is 16.6. The number of carbonyl (C=O) groups is 1. The van der Waals surface area contributed by atoms with E-state index in [4.69, 9.17) is 16.3 Å². The fraction of sp³-hybridized carbons (Fsp3) is 0.950. The topological polar surface area (TPSA) is 26.3 Å². The van der Waals surface area contributed by atoms with Gasteiger partial charge in [-0.2, -0.15) is 0 Å². The van der Waals surface area contributed by atoms with Crippen LogP contribution in [0.2, 0.25) is 0 Å². The smallest absolute Gasteiger partial charge is 0.302 e. The van der Waals surface area contributed by atoms with E-state index in [2.05, 4.69) is 13.8 Å². The van der Waals surface area contributed by atoms with Crippen LogP contribution in [0.5, 0.6) is 0 Å². The van der Waals surface area contributed by atoms with Crippen molar-refractivity contribution in [3.8, 4) is 0 Å². The summed E-state index contributed by atoms with van der Waals surface area (Å²) in [4.78, 5) is 11.3. The van der Waals surface area contributed by atoms with Crippen molar-refractivity contribution in [1.29, 1.82) is 0 Å². The molecule has 0 N–H and O–H groups in total. The van der Waals surface area contributed by atoms with Crippen molar-refractivity contribution in [1.82, 2.24) is 0 Å². The lowest BCUT2D eigenvalue weighted by Crippen LogP contribution is -2.27. The summed E-state index contributed by atoms with van der Waals surface area (Å²) in [6.45, 7) is 5.96. The van der Waals surface area contributed by atoms with Gasteiger partial charge in [-0.05, 0) is 19.3 Å². The Labute approximate surface area is 149 Å². The molecule has 0 amide bonds. The second-order valence-corrected chi connectivity index (χ2v) is 7.34. The molecule has 2 atom stereocenters. The predicted octanol–water partition coefficient (Wildman–Crippen LogP) is 7.03. The van der Waals surface area contributed by atoms with Crippen LogP contribution in [0.15, 0.2) is 0 Å². The average Bonchev–Trinajstić information content (AvgIpc) is 2.52. The van der Waals surface area contributed by atoms with Crippen molar-refractivity contribution in [2.45, 2.75) is 122 Å². The Bertz CT molecular complexity index is 268. The predicted molar refractivity (Wildman–Crippen MR) is 101 cm³/mol. The molecule has 0 spiro atoms. The third-order valence-corrected chi connectivity index (χ3v) is 4.90. The normalized spacial score (nSPS) is 13.7. The summed E-state index contributed by atoms with van der Waals surface area (Å²) in [7, 11) is 0. The van der Waals surface area contributed by atoms with E-state index in [1.165, 1.54) is 71.1 Å². The minimum atomic E-state index is -0.199. The lowest BCUT2D eigenvalue weighted by atomic mass is 10.0. The number of hydrogen-bond donors (Lipinski definition) is 0. The van der Waals surface area contributed by atoms with Crippen molar-refractivity contribution in [3.05, 3.63) is 0 Å². The molecule has 0 aromatic carbocycles. The van der Waals surface area contributed by atoms with E-state index in [9.17, 15) is 4.79 Å². The maximum absolute atomic E-state index is 11.3. The molecule has 3 heteroatoms. The molecule has 0 fully saturated rings. The molecule has 0 aliphatic carbocycles. The molecule has 0 aromatic heterocycles. The number of hydrogen-bond acceptors (Lipinski definition) is 2. The molecule has 0 aliphatic heterocycles. The Morgan fingerprint density at radius 1 is 0.783 bits per heavy atom. The van der Waals surface area contributed by atoms with Crippen LogP contribution in [-0.4, -0.2) is 17.5 Å². The number of ether oxygens (including phenoxy) is 1. The van der Waals surface area contributed by atoms with Crippen LogP contribution in [0, 0.1) is 0 Å². The fourth-order valence-electron chi connectivity index (χ4n) is 2.96. The monoisotopic (exact) mass is 346 g/mol. The quantitative estimate of drug-likeness (QED) is 0.170. The van der Waals surface area contributed by atoms with Gasteiger partial charge in [0.05, 0.1) is 5.38 Å². The van der Waals surface area contributed by atoms with Crippen molar-refractivity contribution in [2.75, 3.05) is 0 Å². The highest BCUT2D eigenvalue weighted by Crippen LogP contribution is 2.21. The van der Waals surface area contributed by atoms with Crippen LogP contribution >= 0.6 is 11.6 Å². The standard InChI is InChI=1S/C20H39ClO2/c1-4-6-8-10-12-14-16-19(21)20(23-18(3)22)17-15-13-11-9-7-5-2/h19-20H,4-17H2,1-3H3. The summed E-state index contributed by atoms with van der Waals surface area (Å²) in [5.74, 6) is -0.199. The van der Waals surface area contributed by atoms with E-state index in [0.717, 1.165) is 25.7 Å². The lowest BCUT2D eigenvalue weighted by Gasteiger charge is -2.22. The van der Waals surface area contributed by atoms with Gasteiger partial charge in [0, 0.05) is 6.92 Å². The molecule has 0 saturated heterocycles. The van der Waals surface area contributed by atoms with Crippen LogP contribution in [0.4, 0.5) is 0 Å². The van der Waals surface area contributed by atoms with Crippen molar-refractivity contribution >= 4 is 17.6 Å². The number of carbonyl (C=O) groups excluding carboxylic acids is 1. The van der Waals surface area contributed by atoms with Gasteiger partial charge < -0.3 is 4.74 Å². The van der Waals surface area contributed by atoms with Crippen LogP contribution in [0.3, 0.4) is 0 Å². The van der Waals surface area contributed by atoms with Crippen molar-refractivity contribution < 1.29 is 9.53 Å². The largest absolute Gasteiger partial charge is 0.461 e. The van der Waals surface area contributed by atoms with E-state index in [-0.39, 0.29) is 17.5 Å². The highest BCUT2D eigenvalue weighted by molar-refractivity contribution is 6.21. The van der Waals surface area contributed by atoms with Gasteiger partial charge in [-0.1, -0.05) is 84.5 Å². The maximum atomic E-state index is 11.3. The molecule has 0 saturated carbocycles. The number of alkyl halides is 1. The molecule has 138 valence electrons. The lowest BCUT2D eigenvalue weighted by molar-refractivity contribution is -0.146. The first-order chi connectivity index (χ1) is 11.1. The molecular weight excluding hydrogens is 308 g/mol. The highest BCUT2D eigenvalue weighted by atomic mass is 35.5. The minimum absolute atomic E-state index is 0.0271. The molecule has 0 aliphatic rings. The number of halogens is 1. The van der Waals surface area contributed by atoms with Gasteiger partial charge in [0.15, 0.2) is 0 Å². The van der Waals surface area contributed by atoms with Crippen LogP contribution in [0.1, 0.15) is 111 Å². The number of unbranched alkanes of at least 4 members (excludes halogenated alkanes) is 10. The van der Waals surface area contributed by atoms with E-state index in [1.807, 2.05) is 0 Å². The van der Waals surface area contributed by atoms with E-state index >= 15 is 0 Å². The third kappa shape index (κ3) is 15.1. The Hall–Kier alpha value is -0.240. The van der Waals surface area contributed by atoms with Gasteiger partial charge in [-0.15, -0.1) is 11.6 Å². The summed E-state index contributed by atoms with van der Waals surface area (Å²) >= 11 is 6.52. The molecule has 2 nitrogen and oxygen atoms in total. The first kappa shape index (κ1) is 22.8. The van der Waals surface area contributed by atoms with E-state index in [1.54, 1.807) is 0 Å². The van der Waals surface area contributed by atoms with Crippen LogP contribution in [-0.2, 0) is 9.53 Å². The molecule has 0 radical (unpaired) electrons. The zero-order valence-electron chi connectivity index (χ0n) is 15.7. The molecule has 0 bridgehead atoms. The van der Waals surface area contributed by atoms with Gasteiger partial charge >= 0.3 is 5.97 Å². The zero-order chi connectivity index (χ0) is 17.3. The summed E-state index contributed by atoms with van der Waals surface area (Å²) in [5.41, 5.74) is 0. The molecule has 23 heavy (non-hydrogen) atoms. The molecule has 2 unspecified atom stereocenters. The van der Waals surface area contributed by atoms with Gasteiger partial charge in [0.2, 0.25) is 0 Å². The van der Waals surface area contributed by atoms with Crippen LogP contribution < -0.4 is 0 Å². The van der Waals surface area contributed by atoms with E-state index < -0.39 is 0 Å². The Kier molecular flexibility index (Phi) is 16.4. The van der Waals surface area contributed by atoms with Gasteiger partial charge in [0.25, 0.3) is 0 Å². The molecule has 0 rings (SSSR count). The molecular formula is C20H39ClO2. The number of esters is 1. The van der Waals surface area contributed by atoms with E-state index in [0.29, 0.717) is 0 Å². The summed E-state index contributed by atoms with van der Waals surface area (Å²) in [6.07, 6.45) is 16.9. The third-order valence-electron chi connectivity index (χ3n) is 4.40. The second-order valence-electron chi connectivity index (χ2n) is 6.78. The molecule has 0 heterocycles. The zero-order valence-corrected chi connectivity index (χ0v) is 16.5. The Morgan fingerprint density at radius 3 is 1.70 bits per heavy atom. The first-order valence-corrected chi connectivity index (χ1v) is 10.4. The SMILES string of the molecule is CCCCCCCCC(Cl)C(CCCCCCCC)OC(C)=O. The Morgan fingerprint density at radius 2 is 1.22 bits per heavy atom. The average molecular weight is 347 g/mol. The highest BCUT2D eigenvalue weighted by Gasteiger charge is 2.21. The maximum Gasteiger partial charge on any atom is 0.302 e. The Balaban J connectivity index is 3.88.